The summed E-state index contributed by atoms with van der Waals surface area (Å²) in [7, 11) is 0. The van der Waals surface area contributed by atoms with Crippen LogP contribution in [-0.4, -0.2) is 27.7 Å². The van der Waals surface area contributed by atoms with Gasteiger partial charge in [-0.2, -0.15) is 0 Å². The average molecular weight is 448 g/mol. The second-order valence-electron chi connectivity index (χ2n) is 7.08. The van der Waals surface area contributed by atoms with E-state index in [2.05, 4.69) is 10.6 Å². The van der Waals surface area contributed by atoms with Crippen molar-refractivity contribution >= 4 is 40.7 Å². The van der Waals surface area contributed by atoms with E-state index < -0.39 is 17.7 Å². The fraction of sp³-hybridized carbons (Fsp3) is 0.0417. The van der Waals surface area contributed by atoms with Gasteiger partial charge in [-0.15, -0.1) is 0 Å². The molecule has 0 saturated heterocycles. The molecule has 32 heavy (non-hydrogen) atoms. The highest BCUT2D eigenvalue weighted by molar-refractivity contribution is 6.48. The molecule has 7 nitrogen and oxygen atoms in total. The van der Waals surface area contributed by atoms with Gasteiger partial charge >= 0.3 is 0 Å². The Labute approximate surface area is 188 Å². The molecule has 0 aromatic heterocycles. The molecular formula is C24H18ClN3O4. The molecule has 1 aliphatic rings. The number of phenols is 1. The first-order valence-electron chi connectivity index (χ1n) is 9.70. The zero-order chi connectivity index (χ0) is 22.7. The van der Waals surface area contributed by atoms with Gasteiger partial charge in [0, 0.05) is 23.0 Å². The fourth-order valence-corrected chi connectivity index (χ4v) is 3.46. The summed E-state index contributed by atoms with van der Waals surface area (Å²) in [5.41, 5.74) is 1.92. The van der Waals surface area contributed by atoms with Crippen LogP contribution >= 0.6 is 11.6 Å². The van der Waals surface area contributed by atoms with Crippen LogP contribution in [0.1, 0.15) is 15.9 Å². The Hall–Kier alpha value is -4.10. The van der Waals surface area contributed by atoms with Gasteiger partial charge in [-0.1, -0.05) is 54.1 Å². The minimum absolute atomic E-state index is 0.0317. The number of nitrogens with zero attached hydrogens (tertiary/aromatic N) is 1. The number of hydrogen-bond donors (Lipinski definition) is 3. The molecule has 0 radical (unpaired) electrons. The van der Waals surface area contributed by atoms with Crippen molar-refractivity contribution < 1.29 is 19.5 Å². The molecule has 4 rings (SSSR count). The van der Waals surface area contributed by atoms with Crippen LogP contribution in [0.5, 0.6) is 5.75 Å². The summed E-state index contributed by atoms with van der Waals surface area (Å²) in [6.45, 7) is 0.103. The Bertz CT molecular complexity index is 1240. The second kappa shape index (κ2) is 8.95. The topological polar surface area (TPSA) is 98.7 Å². The number of amides is 3. The normalized spacial score (nSPS) is 13.5. The van der Waals surface area contributed by atoms with Crippen molar-refractivity contribution in [3.05, 3.63) is 101 Å². The molecule has 0 spiro atoms. The van der Waals surface area contributed by atoms with Gasteiger partial charge < -0.3 is 15.7 Å². The second-order valence-corrected chi connectivity index (χ2v) is 7.46. The summed E-state index contributed by atoms with van der Waals surface area (Å²) >= 11 is 6.16. The number of carbonyl (C=O) groups excluding carboxylic acids is 3. The third kappa shape index (κ3) is 4.48. The molecule has 1 aliphatic heterocycles. The molecule has 0 unspecified atom stereocenters. The zero-order valence-corrected chi connectivity index (χ0v) is 17.5. The highest BCUT2D eigenvalue weighted by atomic mass is 35.5. The van der Waals surface area contributed by atoms with Crippen molar-refractivity contribution in [1.29, 1.82) is 0 Å². The lowest BCUT2D eigenvalue weighted by Gasteiger charge is -2.15. The SMILES string of the molecule is O=C(Nc1cccc(O)c1)c1cccc(NC2=C(Cl)C(=O)N(Cc3ccccc3)C2=O)c1. The maximum atomic E-state index is 12.8. The quantitative estimate of drug-likeness (QED) is 0.494. The number of anilines is 2. The van der Waals surface area contributed by atoms with E-state index in [1.807, 2.05) is 30.3 Å². The van der Waals surface area contributed by atoms with Crippen LogP contribution in [0.3, 0.4) is 0 Å². The highest BCUT2D eigenvalue weighted by Crippen LogP contribution is 2.27. The summed E-state index contributed by atoms with van der Waals surface area (Å²) in [5.74, 6) is -1.50. The van der Waals surface area contributed by atoms with Gasteiger partial charge in [0.05, 0.1) is 6.54 Å². The van der Waals surface area contributed by atoms with Crippen molar-refractivity contribution in [1.82, 2.24) is 4.90 Å². The van der Waals surface area contributed by atoms with Crippen LogP contribution in [-0.2, 0) is 16.1 Å². The molecule has 3 amide bonds. The molecule has 160 valence electrons. The smallest absolute Gasteiger partial charge is 0.279 e. The van der Waals surface area contributed by atoms with E-state index in [-0.39, 0.29) is 23.0 Å². The summed E-state index contributed by atoms with van der Waals surface area (Å²) in [6.07, 6.45) is 0. The molecule has 0 atom stereocenters. The Balaban J connectivity index is 1.49. The molecule has 0 aliphatic carbocycles. The predicted octanol–water partition coefficient (Wildman–Crippen LogP) is 4.08. The molecule has 0 saturated carbocycles. The maximum Gasteiger partial charge on any atom is 0.279 e. The van der Waals surface area contributed by atoms with Gasteiger partial charge in [-0.25, -0.2) is 0 Å². The molecule has 3 aromatic rings. The lowest BCUT2D eigenvalue weighted by molar-refractivity contribution is -0.138. The molecule has 8 heteroatoms. The monoisotopic (exact) mass is 447 g/mol. The predicted molar refractivity (Wildman–Crippen MR) is 121 cm³/mol. The standard InChI is InChI=1S/C24H18ClN3O4/c25-20-21(24(32)28(23(20)31)14-15-6-2-1-3-7-15)26-17-9-4-8-16(12-17)22(30)27-18-10-5-11-19(29)13-18/h1-13,26,29H,14H2,(H,27,30). The summed E-state index contributed by atoms with van der Waals surface area (Å²) in [5, 5.41) is 14.9. The summed E-state index contributed by atoms with van der Waals surface area (Å²) in [4.78, 5) is 39.0. The number of halogens is 1. The van der Waals surface area contributed by atoms with E-state index in [9.17, 15) is 19.5 Å². The van der Waals surface area contributed by atoms with E-state index in [1.54, 1.807) is 30.3 Å². The molecule has 1 heterocycles. The van der Waals surface area contributed by atoms with E-state index in [0.29, 0.717) is 16.9 Å². The number of aromatic hydroxyl groups is 1. The Morgan fingerprint density at radius 1 is 0.875 bits per heavy atom. The Morgan fingerprint density at radius 2 is 1.59 bits per heavy atom. The highest BCUT2D eigenvalue weighted by Gasteiger charge is 2.37. The van der Waals surface area contributed by atoms with E-state index >= 15 is 0 Å². The van der Waals surface area contributed by atoms with Gasteiger partial charge in [0.2, 0.25) is 0 Å². The van der Waals surface area contributed by atoms with Gasteiger partial charge in [-0.3, -0.25) is 19.3 Å². The van der Waals surface area contributed by atoms with E-state index in [1.165, 1.54) is 18.2 Å². The van der Waals surface area contributed by atoms with Crippen molar-refractivity contribution in [3.8, 4) is 5.75 Å². The zero-order valence-electron chi connectivity index (χ0n) is 16.7. The number of benzene rings is 3. The van der Waals surface area contributed by atoms with Gasteiger partial charge in [-0.05, 0) is 35.9 Å². The Morgan fingerprint density at radius 3 is 2.34 bits per heavy atom. The largest absolute Gasteiger partial charge is 0.508 e. The van der Waals surface area contributed by atoms with E-state index in [4.69, 9.17) is 11.6 Å². The number of nitrogens with one attached hydrogen (secondary N) is 2. The lowest BCUT2D eigenvalue weighted by atomic mass is 10.1. The van der Waals surface area contributed by atoms with Gasteiger partial charge in [0.15, 0.2) is 0 Å². The van der Waals surface area contributed by atoms with Crippen LogP contribution in [0, 0.1) is 0 Å². The van der Waals surface area contributed by atoms with Crippen LogP contribution in [0.25, 0.3) is 0 Å². The van der Waals surface area contributed by atoms with Crippen molar-refractivity contribution in [2.45, 2.75) is 6.54 Å². The molecule has 3 aromatic carbocycles. The third-order valence-corrected chi connectivity index (χ3v) is 5.14. The number of rotatable bonds is 6. The number of hydrogen-bond acceptors (Lipinski definition) is 5. The van der Waals surface area contributed by atoms with Crippen molar-refractivity contribution in [2.24, 2.45) is 0 Å². The van der Waals surface area contributed by atoms with Crippen LogP contribution in [0.2, 0.25) is 0 Å². The number of phenolic OH excluding ortho intramolecular Hbond substituents is 1. The van der Waals surface area contributed by atoms with Gasteiger partial charge in [0.1, 0.15) is 16.5 Å². The molecular weight excluding hydrogens is 430 g/mol. The number of imide groups is 1. The van der Waals surface area contributed by atoms with Crippen LogP contribution in [0.15, 0.2) is 89.6 Å². The molecule has 0 fully saturated rings. The summed E-state index contributed by atoms with van der Waals surface area (Å²) in [6, 6.07) is 21.7. The third-order valence-electron chi connectivity index (χ3n) is 4.79. The minimum Gasteiger partial charge on any atom is -0.508 e. The summed E-state index contributed by atoms with van der Waals surface area (Å²) < 4.78 is 0. The lowest BCUT2D eigenvalue weighted by Crippen LogP contribution is -2.31. The first kappa shape index (κ1) is 21.1. The molecule has 0 bridgehead atoms. The van der Waals surface area contributed by atoms with Crippen molar-refractivity contribution in [2.75, 3.05) is 10.6 Å². The Kier molecular flexibility index (Phi) is 5.91. The molecule has 3 N–H and O–H groups in total. The van der Waals surface area contributed by atoms with E-state index in [0.717, 1.165) is 10.5 Å². The maximum absolute atomic E-state index is 12.8. The van der Waals surface area contributed by atoms with Crippen LogP contribution in [0.4, 0.5) is 11.4 Å². The average Bonchev–Trinajstić information content (AvgIpc) is 2.98. The minimum atomic E-state index is -0.583. The first-order valence-corrected chi connectivity index (χ1v) is 10.1. The fourth-order valence-electron chi connectivity index (χ4n) is 3.23. The first-order chi connectivity index (χ1) is 15.4. The number of carbonyl (C=O) groups is 3. The van der Waals surface area contributed by atoms with Crippen LogP contribution < -0.4 is 10.6 Å². The van der Waals surface area contributed by atoms with Crippen molar-refractivity contribution in [3.63, 3.8) is 0 Å². The van der Waals surface area contributed by atoms with Gasteiger partial charge in [0.25, 0.3) is 17.7 Å².